The predicted octanol–water partition coefficient (Wildman–Crippen LogP) is 3.70. The molecule has 17 heavy (non-hydrogen) atoms. The van der Waals surface area contributed by atoms with Crippen LogP contribution in [0.1, 0.15) is 38.8 Å². The summed E-state index contributed by atoms with van der Waals surface area (Å²) in [5.41, 5.74) is 2.35. The number of rotatable bonds is 7. The Labute approximate surface area is 105 Å². The van der Waals surface area contributed by atoms with E-state index >= 15 is 0 Å². The van der Waals surface area contributed by atoms with Crippen LogP contribution in [0.25, 0.3) is 0 Å². The lowest BCUT2D eigenvalue weighted by atomic mass is 10.0. The van der Waals surface area contributed by atoms with Gasteiger partial charge in [-0.05, 0) is 43.2 Å². The van der Waals surface area contributed by atoms with Crippen LogP contribution in [0.2, 0.25) is 0 Å². The minimum atomic E-state index is 0.440. The van der Waals surface area contributed by atoms with Gasteiger partial charge in [-0.1, -0.05) is 32.6 Å². The Balaban J connectivity index is 2.62. The number of nitrogens with one attached hydrogen (secondary N) is 1. The van der Waals surface area contributed by atoms with Crippen LogP contribution in [0.15, 0.2) is 36.4 Å². The molecular formula is C15H23NO. The predicted molar refractivity (Wildman–Crippen MR) is 73.5 cm³/mol. The Morgan fingerprint density at radius 2 is 1.94 bits per heavy atom. The summed E-state index contributed by atoms with van der Waals surface area (Å²) in [6.45, 7) is 11.7. The van der Waals surface area contributed by atoms with Crippen molar-refractivity contribution in [3.63, 3.8) is 0 Å². The Morgan fingerprint density at radius 1 is 1.29 bits per heavy atom. The first-order chi connectivity index (χ1) is 8.17. The van der Waals surface area contributed by atoms with Crippen LogP contribution in [0, 0.1) is 0 Å². The van der Waals surface area contributed by atoms with Crippen molar-refractivity contribution in [1.29, 1.82) is 0 Å². The van der Waals surface area contributed by atoms with Crippen LogP contribution < -0.4 is 10.1 Å². The third-order valence-corrected chi connectivity index (χ3v) is 2.63. The van der Waals surface area contributed by atoms with E-state index in [9.17, 15) is 0 Å². The summed E-state index contributed by atoms with van der Waals surface area (Å²) in [6.07, 6.45) is 1.10. The second kappa shape index (κ2) is 7.13. The van der Waals surface area contributed by atoms with Crippen molar-refractivity contribution < 1.29 is 4.74 Å². The van der Waals surface area contributed by atoms with Gasteiger partial charge in [0.05, 0.1) is 0 Å². The van der Waals surface area contributed by atoms with E-state index in [1.54, 1.807) is 0 Å². The van der Waals surface area contributed by atoms with Crippen LogP contribution >= 0.6 is 0 Å². The first kappa shape index (κ1) is 13.8. The van der Waals surface area contributed by atoms with E-state index in [0.717, 1.165) is 24.3 Å². The second-order valence-corrected chi connectivity index (χ2v) is 4.33. The largest absolute Gasteiger partial charge is 0.489 e. The van der Waals surface area contributed by atoms with E-state index in [1.807, 2.05) is 19.1 Å². The van der Waals surface area contributed by atoms with Gasteiger partial charge in [0.1, 0.15) is 12.4 Å². The zero-order chi connectivity index (χ0) is 12.7. The van der Waals surface area contributed by atoms with Gasteiger partial charge in [0.25, 0.3) is 0 Å². The van der Waals surface area contributed by atoms with Gasteiger partial charge in [-0.25, -0.2) is 0 Å². The van der Waals surface area contributed by atoms with Crippen molar-refractivity contribution in [2.45, 2.75) is 33.2 Å². The van der Waals surface area contributed by atoms with E-state index in [-0.39, 0.29) is 0 Å². The van der Waals surface area contributed by atoms with E-state index in [2.05, 4.69) is 37.9 Å². The SMILES string of the molecule is C=C(C)COc1ccc(C(CC)NCC)cc1. The fourth-order valence-electron chi connectivity index (χ4n) is 1.75. The summed E-state index contributed by atoms with van der Waals surface area (Å²) in [7, 11) is 0. The normalized spacial score (nSPS) is 12.2. The van der Waals surface area contributed by atoms with Crippen molar-refractivity contribution in [2.75, 3.05) is 13.2 Å². The zero-order valence-electron chi connectivity index (χ0n) is 11.1. The topological polar surface area (TPSA) is 21.3 Å². The molecule has 0 aliphatic carbocycles. The van der Waals surface area contributed by atoms with Crippen molar-refractivity contribution in [2.24, 2.45) is 0 Å². The Hall–Kier alpha value is -1.28. The molecule has 1 unspecified atom stereocenters. The summed E-state index contributed by atoms with van der Waals surface area (Å²) in [6, 6.07) is 8.75. The fraction of sp³-hybridized carbons (Fsp3) is 0.467. The van der Waals surface area contributed by atoms with Crippen LogP contribution in [0.3, 0.4) is 0 Å². The molecule has 2 heteroatoms. The van der Waals surface area contributed by atoms with Crippen LogP contribution in [0.4, 0.5) is 0 Å². The molecule has 1 rings (SSSR count). The fourth-order valence-corrected chi connectivity index (χ4v) is 1.75. The summed E-state index contributed by atoms with van der Waals surface area (Å²) in [4.78, 5) is 0. The summed E-state index contributed by atoms with van der Waals surface area (Å²) in [5, 5.41) is 3.46. The van der Waals surface area contributed by atoms with Gasteiger partial charge in [0.15, 0.2) is 0 Å². The quantitative estimate of drug-likeness (QED) is 0.725. The minimum Gasteiger partial charge on any atom is -0.489 e. The molecule has 94 valence electrons. The molecule has 0 heterocycles. The average Bonchev–Trinajstić information content (AvgIpc) is 2.34. The van der Waals surface area contributed by atoms with Crippen molar-refractivity contribution in [1.82, 2.24) is 5.32 Å². The highest BCUT2D eigenvalue weighted by atomic mass is 16.5. The number of benzene rings is 1. The van der Waals surface area contributed by atoms with Crippen molar-refractivity contribution in [3.8, 4) is 5.75 Å². The lowest BCUT2D eigenvalue weighted by Gasteiger charge is -2.16. The molecule has 2 nitrogen and oxygen atoms in total. The van der Waals surface area contributed by atoms with Gasteiger partial charge in [-0.15, -0.1) is 0 Å². The lowest BCUT2D eigenvalue weighted by Crippen LogP contribution is -2.19. The smallest absolute Gasteiger partial charge is 0.119 e. The molecule has 1 aromatic rings. The maximum atomic E-state index is 5.58. The first-order valence-electron chi connectivity index (χ1n) is 6.27. The van der Waals surface area contributed by atoms with E-state index < -0.39 is 0 Å². The molecule has 0 aromatic heterocycles. The maximum Gasteiger partial charge on any atom is 0.119 e. The molecule has 0 radical (unpaired) electrons. The standard InChI is InChI=1S/C15H23NO/c1-5-15(16-6-2)13-7-9-14(10-8-13)17-11-12(3)4/h7-10,15-16H,3,5-6,11H2,1-2,4H3. The van der Waals surface area contributed by atoms with Crippen LogP contribution in [0.5, 0.6) is 5.75 Å². The zero-order valence-corrected chi connectivity index (χ0v) is 11.1. The molecule has 0 fully saturated rings. The third kappa shape index (κ3) is 4.61. The number of hydrogen-bond acceptors (Lipinski definition) is 2. The molecule has 0 aliphatic heterocycles. The highest BCUT2D eigenvalue weighted by Gasteiger charge is 2.07. The van der Waals surface area contributed by atoms with Gasteiger partial charge >= 0.3 is 0 Å². The van der Waals surface area contributed by atoms with Crippen molar-refractivity contribution >= 4 is 0 Å². The Bertz CT molecular complexity index is 342. The van der Waals surface area contributed by atoms with E-state index in [0.29, 0.717) is 12.6 Å². The van der Waals surface area contributed by atoms with Crippen LogP contribution in [-0.2, 0) is 0 Å². The highest BCUT2D eigenvalue weighted by Crippen LogP contribution is 2.20. The van der Waals surface area contributed by atoms with Gasteiger partial charge in [0, 0.05) is 6.04 Å². The summed E-state index contributed by atoms with van der Waals surface area (Å²) >= 11 is 0. The summed E-state index contributed by atoms with van der Waals surface area (Å²) in [5.74, 6) is 0.906. The van der Waals surface area contributed by atoms with E-state index in [4.69, 9.17) is 4.74 Å². The van der Waals surface area contributed by atoms with Crippen molar-refractivity contribution in [3.05, 3.63) is 42.0 Å². The van der Waals surface area contributed by atoms with E-state index in [1.165, 1.54) is 5.56 Å². The molecule has 1 atom stereocenters. The molecule has 0 aliphatic rings. The van der Waals surface area contributed by atoms with Gasteiger partial charge in [0.2, 0.25) is 0 Å². The highest BCUT2D eigenvalue weighted by molar-refractivity contribution is 5.29. The number of hydrogen-bond donors (Lipinski definition) is 1. The third-order valence-electron chi connectivity index (χ3n) is 2.63. The Morgan fingerprint density at radius 3 is 2.41 bits per heavy atom. The second-order valence-electron chi connectivity index (χ2n) is 4.33. The monoisotopic (exact) mass is 233 g/mol. The minimum absolute atomic E-state index is 0.440. The maximum absolute atomic E-state index is 5.58. The Kier molecular flexibility index (Phi) is 5.78. The molecule has 0 spiro atoms. The molecule has 0 saturated heterocycles. The number of ether oxygens (including phenoxy) is 1. The average molecular weight is 233 g/mol. The van der Waals surface area contributed by atoms with Gasteiger partial charge in [-0.3, -0.25) is 0 Å². The molecule has 0 saturated carbocycles. The molecular weight excluding hydrogens is 210 g/mol. The van der Waals surface area contributed by atoms with Gasteiger partial charge < -0.3 is 10.1 Å². The first-order valence-corrected chi connectivity index (χ1v) is 6.27. The molecule has 1 aromatic carbocycles. The summed E-state index contributed by atoms with van der Waals surface area (Å²) < 4.78 is 5.58. The molecule has 1 N–H and O–H groups in total. The van der Waals surface area contributed by atoms with Gasteiger partial charge in [-0.2, -0.15) is 0 Å². The van der Waals surface area contributed by atoms with Crippen LogP contribution in [-0.4, -0.2) is 13.2 Å². The lowest BCUT2D eigenvalue weighted by molar-refractivity contribution is 0.352. The molecule has 0 amide bonds. The molecule has 0 bridgehead atoms.